The van der Waals surface area contributed by atoms with E-state index in [1.54, 1.807) is 12.1 Å². The van der Waals surface area contributed by atoms with Crippen LogP contribution in [0.4, 0.5) is 0 Å². The lowest BCUT2D eigenvalue weighted by Crippen LogP contribution is -2.26. The topological polar surface area (TPSA) is 72.2 Å². The Kier molecular flexibility index (Phi) is 3.69. The van der Waals surface area contributed by atoms with Crippen molar-refractivity contribution >= 4 is 34.8 Å². The number of primary amides is 1. The Morgan fingerprint density at radius 3 is 2.71 bits per heavy atom. The number of rotatable bonds is 3. The Labute approximate surface area is 130 Å². The molecular formula is C15H13ClN2O2S. The summed E-state index contributed by atoms with van der Waals surface area (Å²) in [5.41, 5.74) is 7.48. The van der Waals surface area contributed by atoms with Crippen molar-refractivity contribution in [2.75, 3.05) is 0 Å². The van der Waals surface area contributed by atoms with Crippen LogP contribution in [-0.4, -0.2) is 11.8 Å². The molecule has 1 heterocycles. The molecule has 21 heavy (non-hydrogen) atoms. The van der Waals surface area contributed by atoms with E-state index >= 15 is 0 Å². The van der Waals surface area contributed by atoms with E-state index < -0.39 is 5.91 Å². The van der Waals surface area contributed by atoms with Gasteiger partial charge < -0.3 is 11.1 Å². The molecule has 1 aliphatic rings. The van der Waals surface area contributed by atoms with Gasteiger partial charge in [-0.15, -0.1) is 11.3 Å². The van der Waals surface area contributed by atoms with Gasteiger partial charge in [0, 0.05) is 5.02 Å². The quantitative estimate of drug-likeness (QED) is 0.912. The number of nitrogens with one attached hydrogen (secondary N) is 1. The molecule has 0 spiro atoms. The number of hydrogen-bond donors (Lipinski definition) is 2. The molecule has 0 unspecified atom stereocenters. The number of amides is 2. The van der Waals surface area contributed by atoms with Gasteiger partial charge in [-0.25, -0.2) is 0 Å². The third kappa shape index (κ3) is 2.80. The Morgan fingerprint density at radius 2 is 2.00 bits per heavy atom. The molecule has 0 saturated carbocycles. The maximum Gasteiger partial charge on any atom is 0.261 e. The maximum atomic E-state index is 12.2. The summed E-state index contributed by atoms with van der Waals surface area (Å²) < 4.78 is 0. The normalized spacial score (nSPS) is 16.5. The van der Waals surface area contributed by atoms with Gasteiger partial charge in [0.15, 0.2) is 0 Å². The van der Waals surface area contributed by atoms with Crippen molar-refractivity contribution in [3.63, 3.8) is 0 Å². The number of thiophene rings is 1. The fraction of sp³-hybridized carbons (Fsp3) is 0.200. The second kappa shape index (κ2) is 5.50. The summed E-state index contributed by atoms with van der Waals surface area (Å²) in [6.07, 6.45) is 1.76. The highest BCUT2D eigenvalue weighted by atomic mass is 35.5. The Hall–Kier alpha value is -1.85. The van der Waals surface area contributed by atoms with Crippen LogP contribution in [0.15, 0.2) is 30.3 Å². The van der Waals surface area contributed by atoms with Crippen LogP contribution in [-0.2, 0) is 6.42 Å². The van der Waals surface area contributed by atoms with Crippen LogP contribution in [0.3, 0.4) is 0 Å². The van der Waals surface area contributed by atoms with Gasteiger partial charge in [0.05, 0.1) is 15.8 Å². The minimum absolute atomic E-state index is 0.0103. The summed E-state index contributed by atoms with van der Waals surface area (Å²) in [4.78, 5) is 24.2. The molecule has 1 atom stereocenters. The smallest absolute Gasteiger partial charge is 0.261 e. The van der Waals surface area contributed by atoms with Crippen molar-refractivity contribution in [2.45, 2.75) is 18.9 Å². The molecule has 3 rings (SSSR count). The number of hydrogen-bond acceptors (Lipinski definition) is 3. The molecule has 1 aromatic heterocycles. The van der Waals surface area contributed by atoms with Gasteiger partial charge in [-0.2, -0.15) is 0 Å². The minimum atomic E-state index is -0.514. The van der Waals surface area contributed by atoms with Crippen molar-refractivity contribution in [3.05, 3.63) is 56.2 Å². The Morgan fingerprint density at radius 1 is 1.24 bits per heavy atom. The number of carbonyl (C=O) groups is 2. The number of fused-ring (bicyclic) bond motifs is 1. The van der Waals surface area contributed by atoms with E-state index in [9.17, 15) is 9.59 Å². The standard InChI is InChI=1S/C15H13ClN2O2S/c16-9-2-3-10-8(7-9)1-4-11(10)18-15(20)13-6-5-12(21-13)14(17)19/h2-3,5-7,11H,1,4H2,(H2,17,19)(H,18,20)/t11-/m1/s1. The zero-order valence-corrected chi connectivity index (χ0v) is 12.6. The van der Waals surface area contributed by atoms with E-state index in [0.29, 0.717) is 14.8 Å². The first-order chi connectivity index (χ1) is 10.0. The predicted molar refractivity (Wildman–Crippen MR) is 82.8 cm³/mol. The Bertz CT molecular complexity index is 726. The van der Waals surface area contributed by atoms with Crippen molar-refractivity contribution in [3.8, 4) is 0 Å². The molecule has 0 fully saturated rings. The van der Waals surface area contributed by atoms with E-state index in [1.165, 1.54) is 5.56 Å². The zero-order chi connectivity index (χ0) is 15.0. The van der Waals surface area contributed by atoms with E-state index in [4.69, 9.17) is 17.3 Å². The van der Waals surface area contributed by atoms with E-state index in [1.807, 2.05) is 18.2 Å². The molecule has 1 aromatic carbocycles. The highest BCUT2D eigenvalue weighted by Gasteiger charge is 2.25. The summed E-state index contributed by atoms with van der Waals surface area (Å²) in [5.74, 6) is -0.694. The van der Waals surface area contributed by atoms with E-state index in [-0.39, 0.29) is 11.9 Å². The van der Waals surface area contributed by atoms with Crippen LogP contribution in [0.1, 0.15) is 42.9 Å². The van der Waals surface area contributed by atoms with Gasteiger partial charge in [-0.05, 0) is 48.2 Å². The molecule has 2 aromatic rings. The lowest BCUT2D eigenvalue weighted by molar-refractivity contribution is 0.0940. The molecule has 4 nitrogen and oxygen atoms in total. The van der Waals surface area contributed by atoms with Crippen LogP contribution in [0.25, 0.3) is 0 Å². The molecule has 1 aliphatic carbocycles. The van der Waals surface area contributed by atoms with Crippen molar-refractivity contribution in [1.29, 1.82) is 0 Å². The van der Waals surface area contributed by atoms with Crippen LogP contribution < -0.4 is 11.1 Å². The predicted octanol–water partition coefficient (Wildman–Crippen LogP) is 2.92. The molecule has 108 valence electrons. The lowest BCUT2D eigenvalue weighted by atomic mass is 10.1. The van der Waals surface area contributed by atoms with Gasteiger partial charge in [0.1, 0.15) is 0 Å². The van der Waals surface area contributed by atoms with E-state index in [0.717, 1.165) is 29.7 Å². The number of aryl methyl sites for hydroxylation is 1. The zero-order valence-electron chi connectivity index (χ0n) is 11.1. The number of nitrogens with two attached hydrogens (primary N) is 1. The first-order valence-electron chi connectivity index (χ1n) is 6.53. The van der Waals surface area contributed by atoms with Crippen LogP contribution in [0.5, 0.6) is 0 Å². The third-order valence-corrected chi connectivity index (χ3v) is 4.89. The van der Waals surface area contributed by atoms with Crippen LogP contribution in [0, 0.1) is 0 Å². The van der Waals surface area contributed by atoms with Crippen molar-refractivity contribution < 1.29 is 9.59 Å². The fourth-order valence-corrected chi connectivity index (χ4v) is 3.51. The Balaban J connectivity index is 1.76. The summed E-state index contributed by atoms with van der Waals surface area (Å²) in [6.45, 7) is 0. The second-order valence-electron chi connectivity index (χ2n) is 4.94. The molecule has 3 N–H and O–H groups in total. The largest absolute Gasteiger partial charge is 0.365 e. The first kappa shape index (κ1) is 14.1. The van der Waals surface area contributed by atoms with Gasteiger partial charge >= 0.3 is 0 Å². The number of halogens is 1. The van der Waals surface area contributed by atoms with Crippen molar-refractivity contribution in [2.24, 2.45) is 5.73 Å². The van der Waals surface area contributed by atoms with Gasteiger partial charge in [0.2, 0.25) is 0 Å². The average Bonchev–Trinajstić information content (AvgIpc) is 3.06. The highest BCUT2D eigenvalue weighted by Crippen LogP contribution is 2.33. The molecule has 0 bridgehead atoms. The summed E-state index contributed by atoms with van der Waals surface area (Å²) >= 11 is 7.08. The molecule has 0 saturated heterocycles. The van der Waals surface area contributed by atoms with Crippen molar-refractivity contribution in [1.82, 2.24) is 5.32 Å². The average molecular weight is 321 g/mol. The van der Waals surface area contributed by atoms with Gasteiger partial charge in [-0.3, -0.25) is 9.59 Å². The second-order valence-corrected chi connectivity index (χ2v) is 6.46. The summed E-state index contributed by atoms with van der Waals surface area (Å²) in [7, 11) is 0. The molecule has 2 amide bonds. The summed E-state index contributed by atoms with van der Waals surface area (Å²) in [6, 6.07) is 8.92. The third-order valence-electron chi connectivity index (χ3n) is 3.56. The fourth-order valence-electron chi connectivity index (χ4n) is 2.56. The lowest BCUT2D eigenvalue weighted by Gasteiger charge is -2.13. The first-order valence-corrected chi connectivity index (χ1v) is 7.73. The molecule has 6 heteroatoms. The van der Waals surface area contributed by atoms with Gasteiger partial charge in [0.25, 0.3) is 11.8 Å². The SMILES string of the molecule is NC(=O)c1ccc(C(=O)N[C@@H]2CCc3cc(Cl)ccc32)s1. The molecular weight excluding hydrogens is 308 g/mol. The number of carbonyl (C=O) groups excluding carboxylic acids is 2. The van der Waals surface area contributed by atoms with Crippen LogP contribution >= 0.6 is 22.9 Å². The van der Waals surface area contributed by atoms with Gasteiger partial charge in [-0.1, -0.05) is 17.7 Å². The number of benzene rings is 1. The molecule has 0 radical (unpaired) electrons. The molecule has 0 aliphatic heterocycles. The maximum absolute atomic E-state index is 12.2. The summed E-state index contributed by atoms with van der Waals surface area (Å²) in [5, 5.41) is 3.71. The highest BCUT2D eigenvalue weighted by molar-refractivity contribution is 7.15. The van der Waals surface area contributed by atoms with E-state index in [2.05, 4.69) is 5.32 Å². The monoisotopic (exact) mass is 320 g/mol. The minimum Gasteiger partial charge on any atom is -0.365 e. The van der Waals surface area contributed by atoms with Crippen LogP contribution in [0.2, 0.25) is 5.02 Å².